The Kier molecular flexibility index (Phi) is 6.51. The van der Waals surface area contributed by atoms with Gasteiger partial charge in [0.2, 0.25) is 0 Å². The fourth-order valence-corrected chi connectivity index (χ4v) is 2.95. The van der Waals surface area contributed by atoms with Crippen LogP contribution in [0.2, 0.25) is 0 Å². The second kappa shape index (κ2) is 8.15. The minimum Gasteiger partial charge on any atom is -0.490 e. The zero-order valence-corrected chi connectivity index (χ0v) is 13.6. The van der Waals surface area contributed by atoms with Gasteiger partial charge in [-0.25, -0.2) is 8.78 Å². The SMILES string of the molecule is FC(F)COCCC(Cl)c1cc2c(cc1Br)OCCCO2. The van der Waals surface area contributed by atoms with E-state index in [1.54, 1.807) is 0 Å². The highest BCUT2D eigenvalue weighted by atomic mass is 79.9. The lowest BCUT2D eigenvalue weighted by Gasteiger charge is -2.15. The standard InChI is InChI=1S/C14H16BrClF2O3/c15-10-7-13-12(20-3-1-4-21-13)6-9(10)11(16)2-5-19-8-14(17)18/h6-7,11,14H,1-5,8H2. The summed E-state index contributed by atoms with van der Waals surface area (Å²) in [5.41, 5.74) is 0.835. The predicted molar refractivity (Wildman–Crippen MR) is 79.8 cm³/mol. The molecular weight excluding hydrogens is 370 g/mol. The third-order valence-electron chi connectivity index (χ3n) is 2.96. The van der Waals surface area contributed by atoms with E-state index in [4.69, 9.17) is 25.8 Å². The molecule has 0 spiro atoms. The van der Waals surface area contributed by atoms with Gasteiger partial charge in [-0.3, -0.25) is 0 Å². The van der Waals surface area contributed by atoms with Gasteiger partial charge in [0.1, 0.15) is 6.61 Å². The van der Waals surface area contributed by atoms with Crippen LogP contribution in [0.25, 0.3) is 0 Å². The van der Waals surface area contributed by atoms with E-state index in [1.165, 1.54) is 0 Å². The van der Waals surface area contributed by atoms with Gasteiger partial charge in [-0.15, -0.1) is 11.6 Å². The molecule has 0 saturated heterocycles. The van der Waals surface area contributed by atoms with Crippen molar-refractivity contribution in [3.05, 3.63) is 22.2 Å². The molecule has 1 unspecified atom stereocenters. The van der Waals surface area contributed by atoms with Crippen LogP contribution in [0.5, 0.6) is 11.5 Å². The van der Waals surface area contributed by atoms with Crippen LogP contribution in [-0.2, 0) is 4.74 Å². The Labute approximate surface area is 135 Å². The number of alkyl halides is 3. The molecule has 0 radical (unpaired) electrons. The first-order valence-electron chi connectivity index (χ1n) is 6.67. The fourth-order valence-electron chi connectivity index (χ4n) is 1.95. The number of benzene rings is 1. The highest BCUT2D eigenvalue weighted by Crippen LogP contribution is 2.40. The van der Waals surface area contributed by atoms with Crippen molar-refractivity contribution in [2.24, 2.45) is 0 Å². The van der Waals surface area contributed by atoms with Crippen LogP contribution in [0.4, 0.5) is 8.78 Å². The number of halogens is 4. The van der Waals surface area contributed by atoms with Gasteiger partial charge < -0.3 is 14.2 Å². The highest BCUT2D eigenvalue weighted by molar-refractivity contribution is 9.10. The monoisotopic (exact) mass is 384 g/mol. The maximum absolute atomic E-state index is 12.0. The van der Waals surface area contributed by atoms with Crippen LogP contribution < -0.4 is 9.47 Å². The van der Waals surface area contributed by atoms with Crippen LogP contribution in [-0.4, -0.2) is 32.9 Å². The molecule has 118 valence electrons. The van der Waals surface area contributed by atoms with Crippen LogP contribution in [0, 0.1) is 0 Å². The lowest BCUT2D eigenvalue weighted by molar-refractivity contribution is 0.0165. The zero-order valence-electron chi connectivity index (χ0n) is 11.3. The largest absolute Gasteiger partial charge is 0.490 e. The van der Waals surface area contributed by atoms with E-state index >= 15 is 0 Å². The summed E-state index contributed by atoms with van der Waals surface area (Å²) in [5.74, 6) is 1.34. The molecule has 0 aromatic heterocycles. The summed E-state index contributed by atoms with van der Waals surface area (Å²) >= 11 is 9.77. The maximum atomic E-state index is 12.0. The first-order valence-corrected chi connectivity index (χ1v) is 7.90. The molecule has 0 N–H and O–H groups in total. The molecule has 0 fully saturated rings. The Morgan fingerprint density at radius 3 is 2.57 bits per heavy atom. The normalized spacial score (nSPS) is 15.9. The molecule has 21 heavy (non-hydrogen) atoms. The second-order valence-electron chi connectivity index (χ2n) is 4.59. The molecule has 1 aromatic carbocycles. The van der Waals surface area contributed by atoms with Crippen molar-refractivity contribution in [1.29, 1.82) is 0 Å². The van der Waals surface area contributed by atoms with E-state index in [0.717, 1.165) is 16.5 Å². The number of fused-ring (bicyclic) bond motifs is 1. The van der Waals surface area contributed by atoms with Crippen molar-refractivity contribution >= 4 is 27.5 Å². The molecule has 0 bridgehead atoms. The van der Waals surface area contributed by atoms with Gasteiger partial charge in [0.15, 0.2) is 11.5 Å². The Balaban J connectivity index is 2.00. The van der Waals surface area contributed by atoms with Gasteiger partial charge >= 0.3 is 0 Å². The van der Waals surface area contributed by atoms with Crippen LogP contribution >= 0.6 is 27.5 Å². The average Bonchev–Trinajstić information content (AvgIpc) is 2.67. The summed E-state index contributed by atoms with van der Waals surface area (Å²) < 4.78 is 40.8. The maximum Gasteiger partial charge on any atom is 0.261 e. The number of ether oxygens (including phenoxy) is 3. The number of rotatable bonds is 6. The van der Waals surface area contributed by atoms with Gasteiger partial charge in [-0.05, 0) is 24.1 Å². The highest BCUT2D eigenvalue weighted by Gasteiger charge is 2.18. The Morgan fingerprint density at radius 2 is 1.90 bits per heavy atom. The molecule has 1 aliphatic rings. The van der Waals surface area contributed by atoms with Gasteiger partial charge in [0, 0.05) is 17.5 Å². The lowest BCUT2D eigenvalue weighted by Crippen LogP contribution is -2.07. The molecule has 1 heterocycles. The predicted octanol–water partition coefficient (Wildman–Crippen LogP) is 4.56. The molecule has 2 rings (SSSR count). The van der Waals surface area contributed by atoms with Crippen molar-refractivity contribution in [2.75, 3.05) is 26.4 Å². The Hall–Kier alpha value is -0.590. The van der Waals surface area contributed by atoms with E-state index in [-0.39, 0.29) is 12.0 Å². The summed E-state index contributed by atoms with van der Waals surface area (Å²) in [5, 5.41) is -0.353. The molecule has 1 aliphatic heterocycles. The van der Waals surface area contributed by atoms with Crippen molar-refractivity contribution in [2.45, 2.75) is 24.6 Å². The smallest absolute Gasteiger partial charge is 0.261 e. The van der Waals surface area contributed by atoms with Gasteiger partial charge in [-0.2, -0.15) is 0 Å². The summed E-state index contributed by atoms with van der Waals surface area (Å²) in [6, 6.07) is 3.65. The third kappa shape index (κ3) is 4.97. The molecule has 1 aromatic rings. The summed E-state index contributed by atoms with van der Waals surface area (Å²) in [6.07, 6.45) is -1.19. The molecule has 1 atom stereocenters. The molecule has 0 saturated carbocycles. The second-order valence-corrected chi connectivity index (χ2v) is 5.97. The number of hydrogen-bond acceptors (Lipinski definition) is 3. The molecule has 7 heteroatoms. The third-order valence-corrected chi connectivity index (χ3v) is 4.10. The van der Waals surface area contributed by atoms with Crippen molar-refractivity contribution in [1.82, 2.24) is 0 Å². The Morgan fingerprint density at radius 1 is 1.24 bits per heavy atom. The van der Waals surface area contributed by atoms with Gasteiger partial charge in [-0.1, -0.05) is 15.9 Å². The van der Waals surface area contributed by atoms with Crippen LogP contribution in [0.1, 0.15) is 23.8 Å². The molecule has 0 aliphatic carbocycles. The first kappa shape index (κ1) is 16.8. The van der Waals surface area contributed by atoms with E-state index in [9.17, 15) is 8.78 Å². The number of hydrogen-bond donors (Lipinski definition) is 0. The first-order chi connectivity index (χ1) is 10.1. The Bertz CT molecular complexity index is 474. The average molecular weight is 386 g/mol. The minimum atomic E-state index is -2.46. The van der Waals surface area contributed by atoms with Crippen molar-refractivity contribution in [3.63, 3.8) is 0 Å². The van der Waals surface area contributed by atoms with Crippen molar-refractivity contribution < 1.29 is 23.0 Å². The quantitative estimate of drug-likeness (QED) is 0.531. The molecular formula is C14H16BrClF2O3. The van der Waals surface area contributed by atoms with E-state index in [2.05, 4.69) is 15.9 Å². The summed E-state index contributed by atoms with van der Waals surface area (Å²) in [7, 11) is 0. The van der Waals surface area contributed by atoms with E-state index < -0.39 is 13.0 Å². The lowest BCUT2D eigenvalue weighted by atomic mass is 10.1. The van der Waals surface area contributed by atoms with Gasteiger partial charge in [0.05, 0.1) is 18.6 Å². The summed E-state index contributed by atoms with van der Waals surface area (Å²) in [4.78, 5) is 0. The van der Waals surface area contributed by atoms with Crippen LogP contribution in [0.3, 0.4) is 0 Å². The van der Waals surface area contributed by atoms with Gasteiger partial charge in [0.25, 0.3) is 6.43 Å². The summed E-state index contributed by atoms with van der Waals surface area (Å²) in [6.45, 7) is 0.828. The fraction of sp³-hybridized carbons (Fsp3) is 0.571. The van der Waals surface area contributed by atoms with E-state index in [0.29, 0.717) is 31.1 Å². The topological polar surface area (TPSA) is 27.7 Å². The van der Waals surface area contributed by atoms with E-state index in [1.807, 2.05) is 12.1 Å². The zero-order chi connectivity index (χ0) is 15.2. The van der Waals surface area contributed by atoms with Crippen molar-refractivity contribution in [3.8, 4) is 11.5 Å². The molecule has 3 nitrogen and oxygen atoms in total. The van der Waals surface area contributed by atoms with Crippen LogP contribution in [0.15, 0.2) is 16.6 Å². The molecule has 0 amide bonds. The minimum absolute atomic E-state index is 0.180.